The second-order valence-electron chi connectivity index (χ2n) is 4.16. The van der Waals surface area contributed by atoms with Gasteiger partial charge in [0.25, 0.3) is 0 Å². The van der Waals surface area contributed by atoms with Crippen LogP contribution in [-0.2, 0) is 11.3 Å². The molecule has 0 aliphatic heterocycles. The van der Waals surface area contributed by atoms with E-state index in [0.717, 1.165) is 16.9 Å². The first kappa shape index (κ1) is 13.5. The highest BCUT2D eigenvalue weighted by atomic mass is 16.5. The number of hydrogen-bond acceptors (Lipinski definition) is 4. The van der Waals surface area contributed by atoms with Gasteiger partial charge in [-0.15, -0.1) is 0 Å². The molecule has 0 amide bonds. The summed E-state index contributed by atoms with van der Waals surface area (Å²) in [7, 11) is 1.65. The van der Waals surface area contributed by atoms with E-state index in [1.54, 1.807) is 19.5 Å². The lowest BCUT2D eigenvalue weighted by atomic mass is 10.1. The van der Waals surface area contributed by atoms with Crippen molar-refractivity contribution in [1.82, 2.24) is 4.98 Å². The number of methoxy groups -OCH3 is 1. The van der Waals surface area contributed by atoms with Crippen LogP contribution in [0.4, 0.5) is 0 Å². The number of benzene rings is 1. The maximum atomic E-state index is 5.84. The third kappa shape index (κ3) is 3.77. The molecule has 4 heteroatoms. The molecule has 4 nitrogen and oxygen atoms in total. The van der Waals surface area contributed by atoms with Gasteiger partial charge in [0, 0.05) is 18.9 Å². The number of pyridine rings is 1. The van der Waals surface area contributed by atoms with Crippen molar-refractivity contribution in [2.75, 3.05) is 13.7 Å². The van der Waals surface area contributed by atoms with Gasteiger partial charge in [-0.2, -0.15) is 0 Å². The topological polar surface area (TPSA) is 57.4 Å². The lowest BCUT2D eigenvalue weighted by Gasteiger charge is -2.16. The Kier molecular flexibility index (Phi) is 4.89. The maximum absolute atomic E-state index is 5.84. The highest BCUT2D eigenvalue weighted by molar-refractivity contribution is 5.26. The quantitative estimate of drug-likeness (QED) is 0.863. The molecule has 0 saturated heterocycles. The molecule has 1 atom stereocenters. The van der Waals surface area contributed by atoms with Crippen LogP contribution in [-0.4, -0.2) is 18.6 Å². The van der Waals surface area contributed by atoms with Gasteiger partial charge in [0.15, 0.2) is 0 Å². The molecule has 1 heterocycles. The van der Waals surface area contributed by atoms with Crippen molar-refractivity contribution in [3.63, 3.8) is 0 Å². The van der Waals surface area contributed by atoms with Crippen molar-refractivity contribution in [2.24, 2.45) is 5.73 Å². The van der Waals surface area contributed by atoms with Gasteiger partial charge in [0.2, 0.25) is 0 Å². The van der Waals surface area contributed by atoms with Crippen LogP contribution in [0.25, 0.3) is 0 Å². The molecule has 1 aromatic carbocycles. The summed E-state index contributed by atoms with van der Waals surface area (Å²) in [6.07, 6.45) is 3.38. The summed E-state index contributed by atoms with van der Waals surface area (Å²) in [5.74, 6) is 0.841. The molecule has 1 unspecified atom stereocenters. The minimum Gasteiger partial charge on any atom is -0.497 e. The molecule has 0 aliphatic rings. The van der Waals surface area contributed by atoms with Crippen molar-refractivity contribution in [1.29, 1.82) is 0 Å². The monoisotopic (exact) mass is 258 g/mol. The number of nitrogens with two attached hydrogens (primary N) is 1. The van der Waals surface area contributed by atoms with Crippen molar-refractivity contribution in [3.8, 4) is 5.75 Å². The van der Waals surface area contributed by atoms with Crippen molar-refractivity contribution in [3.05, 3.63) is 59.9 Å². The first-order chi connectivity index (χ1) is 9.33. The Morgan fingerprint density at radius 1 is 1.11 bits per heavy atom. The summed E-state index contributed by atoms with van der Waals surface area (Å²) in [6.45, 7) is 0.967. The van der Waals surface area contributed by atoms with Gasteiger partial charge < -0.3 is 15.2 Å². The number of ether oxygens (including phenoxy) is 2. The maximum Gasteiger partial charge on any atom is 0.118 e. The molecule has 2 N–H and O–H groups in total. The molecule has 0 fully saturated rings. The van der Waals surface area contributed by atoms with Crippen LogP contribution in [0.1, 0.15) is 17.2 Å². The summed E-state index contributed by atoms with van der Waals surface area (Å²) >= 11 is 0. The van der Waals surface area contributed by atoms with E-state index in [0.29, 0.717) is 13.2 Å². The second kappa shape index (κ2) is 6.87. The lowest BCUT2D eigenvalue weighted by molar-refractivity contribution is 0.0456. The number of aromatic nitrogens is 1. The Labute approximate surface area is 113 Å². The average molecular weight is 258 g/mol. The van der Waals surface area contributed by atoms with Gasteiger partial charge in [-0.25, -0.2) is 0 Å². The average Bonchev–Trinajstić information content (AvgIpc) is 2.49. The van der Waals surface area contributed by atoms with Gasteiger partial charge in [-0.05, 0) is 35.4 Å². The zero-order chi connectivity index (χ0) is 13.5. The zero-order valence-corrected chi connectivity index (χ0v) is 11.0. The Hall–Kier alpha value is -1.91. The normalized spacial score (nSPS) is 12.1. The zero-order valence-electron chi connectivity index (χ0n) is 11.0. The van der Waals surface area contributed by atoms with Crippen LogP contribution in [0.2, 0.25) is 0 Å². The van der Waals surface area contributed by atoms with Gasteiger partial charge in [0.1, 0.15) is 5.75 Å². The fourth-order valence-corrected chi connectivity index (χ4v) is 1.80. The highest BCUT2D eigenvalue weighted by Gasteiger charge is 2.09. The van der Waals surface area contributed by atoms with E-state index in [9.17, 15) is 0 Å². The minimum atomic E-state index is -0.106. The van der Waals surface area contributed by atoms with E-state index < -0.39 is 0 Å². The largest absolute Gasteiger partial charge is 0.497 e. The van der Waals surface area contributed by atoms with Crippen LogP contribution in [0.15, 0.2) is 48.8 Å². The third-order valence-corrected chi connectivity index (χ3v) is 2.90. The molecule has 0 aliphatic carbocycles. The summed E-state index contributed by atoms with van der Waals surface area (Å²) in [5, 5.41) is 0. The summed E-state index contributed by atoms with van der Waals surface area (Å²) < 4.78 is 11.0. The van der Waals surface area contributed by atoms with Crippen LogP contribution in [0.5, 0.6) is 5.75 Å². The van der Waals surface area contributed by atoms with Crippen LogP contribution in [0.3, 0.4) is 0 Å². The van der Waals surface area contributed by atoms with Crippen molar-refractivity contribution in [2.45, 2.75) is 12.7 Å². The number of hydrogen-bond donors (Lipinski definition) is 1. The molecular weight excluding hydrogens is 240 g/mol. The lowest BCUT2D eigenvalue weighted by Crippen LogP contribution is -2.15. The van der Waals surface area contributed by atoms with Gasteiger partial charge in [-0.3, -0.25) is 4.98 Å². The molecule has 0 radical (unpaired) electrons. The predicted octanol–water partition coefficient (Wildman–Crippen LogP) is 2.31. The van der Waals surface area contributed by atoms with Crippen LogP contribution < -0.4 is 10.5 Å². The Morgan fingerprint density at radius 2 is 1.79 bits per heavy atom. The van der Waals surface area contributed by atoms with Gasteiger partial charge in [0.05, 0.1) is 19.8 Å². The molecule has 2 rings (SSSR count). The smallest absolute Gasteiger partial charge is 0.118 e. The predicted molar refractivity (Wildman–Crippen MR) is 73.8 cm³/mol. The molecule has 100 valence electrons. The molecule has 19 heavy (non-hydrogen) atoms. The number of nitrogens with zero attached hydrogens (tertiary/aromatic N) is 1. The summed E-state index contributed by atoms with van der Waals surface area (Å²) in [6, 6.07) is 11.7. The van der Waals surface area contributed by atoms with Crippen LogP contribution in [0, 0.1) is 0 Å². The minimum absolute atomic E-state index is 0.106. The molecule has 0 bridgehead atoms. The molecular formula is C15H18N2O2. The van der Waals surface area contributed by atoms with E-state index in [2.05, 4.69) is 4.98 Å². The van der Waals surface area contributed by atoms with E-state index in [1.807, 2.05) is 36.4 Å². The first-order valence-corrected chi connectivity index (χ1v) is 6.18. The fourth-order valence-electron chi connectivity index (χ4n) is 1.80. The Morgan fingerprint density at radius 3 is 2.37 bits per heavy atom. The Bertz CT molecular complexity index is 485. The van der Waals surface area contributed by atoms with E-state index >= 15 is 0 Å². The second-order valence-corrected chi connectivity index (χ2v) is 4.16. The summed E-state index contributed by atoms with van der Waals surface area (Å²) in [5.41, 5.74) is 7.89. The van der Waals surface area contributed by atoms with Crippen LogP contribution >= 0.6 is 0 Å². The molecule has 1 aromatic heterocycles. The molecule has 0 saturated carbocycles. The van der Waals surface area contributed by atoms with E-state index in [1.165, 1.54) is 0 Å². The first-order valence-electron chi connectivity index (χ1n) is 6.18. The van der Waals surface area contributed by atoms with Crippen molar-refractivity contribution < 1.29 is 9.47 Å². The number of rotatable bonds is 6. The van der Waals surface area contributed by atoms with Gasteiger partial charge >= 0.3 is 0 Å². The SMILES string of the molecule is COc1ccc(COC(CN)c2ccncc2)cc1. The summed E-state index contributed by atoms with van der Waals surface area (Å²) in [4.78, 5) is 3.99. The standard InChI is InChI=1S/C15H18N2O2/c1-18-14-4-2-12(3-5-14)11-19-15(10-16)13-6-8-17-9-7-13/h2-9,15H,10-11,16H2,1H3. The van der Waals surface area contributed by atoms with Gasteiger partial charge in [-0.1, -0.05) is 12.1 Å². The highest BCUT2D eigenvalue weighted by Crippen LogP contribution is 2.18. The van der Waals surface area contributed by atoms with E-state index in [-0.39, 0.29) is 6.10 Å². The molecule has 0 spiro atoms. The van der Waals surface area contributed by atoms with E-state index in [4.69, 9.17) is 15.2 Å². The third-order valence-electron chi connectivity index (χ3n) is 2.90. The van der Waals surface area contributed by atoms with Crippen molar-refractivity contribution >= 4 is 0 Å². The molecule has 2 aromatic rings. The fraction of sp³-hybridized carbons (Fsp3) is 0.267. The Balaban J connectivity index is 1.96.